The number of carbonyl (C=O) groups is 1. The highest BCUT2D eigenvalue weighted by molar-refractivity contribution is 6.06. The van der Waals surface area contributed by atoms with Gasteiger partial charge in [-0.3, -0.25) is 14.9 Å². The Labute approximate surface area is 173 Å². The zero-order valence-corrected chi connectivity index (χ0v) is 16.7. The topological polar surface area (TPSA) is 106 Å². The standard InChI is InChI=1S/C22H20N4O4/c1-14-4-8-17(9-5-14)24-25-19-12-15(2)6-10-18(19)23-22(27)16-7-11-21(30-3)20(13-16)26(28)29/h4-13H,1-3H3,(H,23,27). The Morgan fingerprint density at radius 2 is 1.67 bits per heavy atom. The largest absolute Gasteiger partial charge is 0.490 e. The van der Waals surface area contributed by atoms with Gasteiger partial charge in [-0.15, -0.1) is 5.11 Å². The number of anilines is 1. The number of hydrogen-bond donors (Lipinski definition) is 1. The number of ether oxygens (including phenoxy) is 1. The Hall–Kier alpha value is -4.07. The van der Waals surface area contributed by atoms with Crippen LogP contribution in [0.25, 0.3) is 0 Å². The zero-order valence-electron chi connectivity index (χ0n) is 16.7. The van der Waals surface area contributed by atoms with Gasteiger partial charge < -0.3 is 10.1 Å². The average Bonchev–Trinajstić information content (AvgIpc) is 2.74. The van der Waals surface area contributed by atoms with Crippen LogP contribution in [0.15, 0.2) is 70.9 Å². The van der Waals surface area contributed by atoms with Crippen molar-refractivity contribution in [1.82, 2.24) is 0 Å². The molecule has 3 rings (SSSR count). The highest BCUT2D eigenvalue weighted by Gasteiger charge is 2.19. The number of amides is 1. The molecule has 0 aliphatic carbocycles. The van der Waals surface area contributed by atoms with Crippen LogP contribution in [0.5, 0.6) is 5.75 Å². The summed E-state index contributed by atoms with van der Waals surface area (Å²) in [7, 11) is 1.33. The van der Waals surface area contributed by atoms with E-state index in [1.807, 2.05) is 44.2 Å². The number of hydrogen-bond acceptors (Lipinski definition) is 6. The Morgan fingerprint density at radius 3 is 2.33 bits per heavy atom. The number of carbonyl (C=O) groups excluding carboxylic acids is 1. The SMILES string of the molecule is COc1ccc(C(=O)Nc2ccc(C)cc2N=Nc2ccc(C)cc2)cc1[N+](=O)[O-]. The van der Waals surface area contributed by atoms with Gasteiger partial charge in [-0.25, -0.2) is 0 Å². The van der Waals surface area contributed by atoms with Crippen molar-refractivity contribution in [2.24, 2.45) is 10.2 Å². The Balaban J connectivity index is 1.88. The number of nitro groups is 1. The van der Waals surface area contributed by atoms with Crippen molar-refractivity contribution in [2.75, 3.05) is 12.4 Å². The second-order valence-electron chi connectivity index (χ2n) is 6.65. The molecule has 0 aliphatic heterocycles. The maximum absolute atomic E-state index is 12.7. The molecule has 0 aliphatic rings. The van der Waals surface area contributed by atoms with Gasteiger partial charge in [-0.05, 0) is 55.8 Å². The van der Waals surface area contributed by atoms with Crippen molar-refractivity contribution < 1.29 is 14.5 Å². The lowest BCUT2D eigenvalue weighted by Crippen LogP contribution is -2.12. The highest BCUT2D eigenvalue weighted by atomic mass is 16.6. The molecule has 8 nitrogen and oxygen atoms in total. The zero-order chi connectivity index (χ0) is 21.7. The fourth-order valence-electron chi connectivity index (χ4n) is 2.72. The third kappa shape index (κ3) is 4.85. The van der Waals surface area contributed by atoms with Crippen molar-refractivity contribution in [3.05, 3.63) is 87.5 Å². The van der Waals surface area contributed by atoms with Gasteiger partial charge in [0.15, 0.2) is 5.75 Å². The van der Waals surface area contributed by atoms with Gasteiger partial charge in [0.2, 0.25) is 0 Å². The summed E-state index contributed by atoms with van der Waals surface area (Å²) in [6.45, 7) is 3.89. The fourth-order valence-corrected chi connectivity index (χ4v) is 2.72. The number of benzene rings is 3. The predicted octanol–water partition coefficient (Wildman–Crippen LogP) is 5.89. The predicted molar refractivity (Wildman–Crippen MR) is 114 cm³/mol. The van der Waals surface area contributed by atoms with Crippen molar-refractivity contribution in [1.29, 1.82) is 0 Å². The average molecular weight is 404 g/mol. The van der Waals surface area contributed by atoms with Crippen molar-refractivity contribution in [3.8, 4) is 5.75 Å². The number of azo groups is 1. The Bertz CT molecular complexity index is 1120. The molecule has 0 atom stereocenters. The summed E-state index contributed by atoms with van der Waals surface area (Å²) in [6.07, 6.45) is 0. The lowest BCUT2D eigenvalue weighted by molar-refractivity contribution is -0.385. The summed E-state index contributed by atoms with van der Waals surface area (Å²) in [5.41, 5.74) is 3.52. The maximum atomic E-state index is 12.7. The van der Waals surface area contributed by atoms with Crippen LogP contribution in [-0.2, 0) is 0 Å². The monoisotopic (exact) mass is 404 g/mol. The third-order valence-electron chi connectivity index (χ3n) is 4.35. The summed E-state index contributed by atoms with van der Waals surface area (Å²) in [5.74, 6) is -0.420. The lowest BCUT2D eigenvalue weighted by Gasteiger charge is -2.09. The molecule has 8 heteroatoms. The number of nitro benzene ring substituents is 1. The first-order valence-electron chi connectivity index (χ1n) is 9.10. The molecule has 3 aromatic carbocycles. The van der Waals surface area contributed by atoms with E-state index in [1.165, 1.54) is 25.3 Å². The summed E-state index contributed by atoms with van der Waals surface area (Å²) in [6, 6.07) is 16.9. The van der Waals surface area contributed by atoms with Crippen LogP contribution in [0, 0.1) is 24.0 Å². The molecule has 0 heterocycles. The molecule has 0 fully saturated rings. The highest BCUT2D eigenvalue weighted by Crippen LogP contribution is 2.31. The Kier molecular flexibility index (Phi) is 6.17. The normalized spacial score (nSPS) is 10.8. The van der Waals surface area contributed by atoms with Crippen LogP contribution in [0.4, 0.5) is 22.7 Å². The summed E-state index contributed by atoms with van der Waals surface area (Å²) >= 11 is 0. The van der Waals surface area contributed by atoms with Crippen LogP contribution >= 0.6 is 0 Å². The van der Waals surface area contributed by atoms with E-state index in [0.717, 1.165) is 11.1 Å². The molecule has 1 N–H and O–H groups in total. The molecule has 0 saturated carbocycles. The van der Waals surface area contributed by atoms with Crippen LogP contribution in [0.2, 0.25) is 0 Å². The van der Waals surface area contributed by atoms with Gasteiger partial charge in [0.25, 0.3) is 5.91 Å². The lowest BCUT2D eigenvalue weighted by atomic mass is 10.1. The van der Waals surface area contributed by atoms with E-state index in [4.69, 9.17) is 4.74 Å². The second kappa shape index (κ2) is 8.95. The fraction of sp³-hybridized carbons (Fsp3) is 0.136. The van der Waals surface area contributed by atoms with E-state index in [9.17, 15) is 14.9 Å². The molecule has 152 valence electrons. The van der Waals surface area contributed by atoms with Gasteiger partial charge in [-0.2, -0.15) is 5.11 Å². The third-order valence-corrected chi connectivity index (χ3v) is 4.35. The van der Waals surface area contributed by atoms with Gasteiger partial charge in [0, 0.05) is 11.6 Å². The van der Waals surface area contributed by atoms with E-state index in [1.54, 1.807) is 12.1 Å². The number of nitrogens with one attached hydrogen (secondary N) is 1. The molecule has 0 unspecified atom stereocenters. The maximum Gasteiger partial charge on any atom is 0.311 e. The van der Waals surface area contributed by atoms with Crippen molar-refractivity contribution in [2.45, 2.75) is 13.8 Å². The molecule has 3 aromatic rings. The number of rotatable bonds is 6. The van der Waals surface area contributed by atoms with Crippen molar-refractivity contribution >= 4 is 28.7 Å². The van der Waals surface area contributed by atoms with Crippen LogP contribution in [-0.4, -0.2) is 17.9 Å². The molecule has 30 heavy (non-hydrogen) atoms. The van der Waals surface area contributed by atoms with E-state index in [2.05, 4.69) is 15.5 Å². The molecule has 0 spiro atoms. The van der Waals surface area contributed by atoms with Gasteiger partial charge in [0.05, 0.1) is 23.4 Å². The molecule has 0 radical (unpaired) electrons. The molecule has 0 bridgehead atoms. The number of methoxy groups -OCH3 is 1. The molecule has 0 aromatic heterocycles. The van der Waals surface area contributed by atoms with E-state index < -0.39 is 10.8 Å². The quantitative estimate of drug-likeness (QED) is 0.314. The van der Waals surface area contributed by atoms with Crippen LogP contribution in [0.3, 0.4) is 0 Å². The number of aryl methyl sites for hydroxylation is 2. The van der Waals surface area contributed by atoms with Gasteiger partial charge >= 0.3 is 5.69 Å². The van der Waals surface area contributed by atoms with Crippen LogP contribution < -0.4 is 10.1 Å². The minimum Gasteiger partial charge on any atom is -0.490 e. The minimum atomic E-state index is -0.595. The molecular weight excluding hydrogens is 384 g/mol. The Morgan fingerprint density at radius 1 is 0.967 bits per heavy atom. The smallest absolute Gasteiger partial charge is 0.311 e. The second-order valence-corrected chi connectivity index (χ2v) is 6.65. The first-order chi connectivity index (χ1) is 14.4. The van der Waals surface area contributed by atoms with Crippen molar-refractivity contribution in [3.63, 3.8) is 0 Å². The molecule has 1 amide bonds. The van der Waals surface area contributed by atoms with Gasteiger partial charge in [-0.1, -0.05) is 23.8 Å². The molecule has 0 saturated heterocycles. The molecular formula is C22H20N4O4. The van der Waals surface area contributed by atoms with E-state index in [-0.39, 0.29) is 17.0 Å². The van der Waals surface area contributed by atoms with E-state index >= 15 is 0 Å². The minimum absolute atomic E-state index is 0.0828. The first-order valence-corrected chi connectivity index (χ1v) is 9.10. The summed E-state index contributed by atoms with van der Waals surface area (Å²) in [5, 5.41) is 22.5. The summed E-state index contributed by atoms with van der Waals surface area (Å²) < 4.78 is 4.97. The van der Waals surface area contributed by atoms with Gasteiger partial charge in [0.1, 0.15) is 5.69 Å². The van der Waals surface area contributed by atoms with E-state index in [0.29, 0.717) is 17.1 Å². The number of nitrogens with zero attached hydrogens (tertiary/aromatic N) is 3. The van der Waals surface area contributed by atoms with Crippen LogP contribution in [0.1, 0.15) is 21.5 Å². The summed E-state index contributed by atoms with van der Waals surface area (Å²) in [4.78, 5) is 23.3. The first kappa shape index (κ1) is 20.7.